The minimum atomic E-state index is -0.254. The summed E-state index contributed by atoms with van der Waals surface area (Å²) < 4.78 is 0. The molecular weight excluding hydrogens is 326 g/mol. The van der Waals surface area contributed by atoms with Gasteiger partial charge in [-0.1, -0.05) is 12.1 Å². The van der Waals surface area contributed by atoms with E-state index in [0.717, 1.165) is 23.7 Å². The molecule has 6 rings (SSSR count). The van der Waals surface area contributed by atoms with Crippen LogP contribution in [0.5, 0.6) is 0 Å². The van der Waals surface area contributed by atoms with Gasteiger partial charge in [0.25, 0.3) is 0 Å². The summed E-state index contributed by atoms with van der Waals surface area (Å²) in [4.78, 5) is 16.8. The van der Waals surface area contributed by atoms with Crippen molar-refractivity contribution in [1.29, 1.82) is 0 Å². The van der Waals surface area contributed by atoms with Crippen molar-refractivity contribution >= 4 is 17.7 Å². The lowest BCUT2D eigenvalue weighted by atomic mass is 9.52. The molecule has 0 N–H and O–H groups in total. The summed E-state index contributed by atoms with van der Waals surface area (Å²) in [6.45, 7) is 4.30. The van der Waals surface area contributed by atoms with Gasteiger partial charge in [-0.05, 0) is 93.6 Å². The van der Waals surface area contributed by atoms with Gasteiger partial charge in [-0.2, -0.15) is 0 Å². The van der Waals surface area contributed by atoms with Crippen molar-refractivity contribution in [2.75, 3.05) is 6.26 Å². The van der Waals surface area contributed by atoms with Crippen LogP contribution in [0.25, 0.3) is 0 Å². The van der Waals surface area contributed by atoms with E-state index in [0.29, 0.717) is 11.9 Å². The summed E-state index contributed by atoms with van der Waals surface area (Å²) in [6.07, 6.45) is 9.09. The average molecular weight is 356 g/mol. The number of hydrogen-bond donors (Lipinski definition) is 0. The highest BCUT2D eigenvalue weighted by molar-refractivity contribution is 7.98. The number of benzene rings is 1. The second-order valence-corrected chi connectivity index (χ2v) is 10.4. The predicted octanol–water partition coefficient (Wildman–Crippen LogP) is 5.14. The van der Waals surface area contributed by atoms with Crippen molar-refractivity contribution in [3.05, 3.63) is 29.8 Å². The molecular formula is C22H29NOS. The van der Waals surface area contributed by atoms with E-state index in [2.05, 4.69) is 49.3 Å². The molecule has 1 heterocycles. The smallest absolute Gasteiger partial charge is 0.231 e. The summed E-state index contributed by atoms with van der Waals surface area (Å²) in [5, 5.41) is 0. The van der Waals surface area contributed by atoms with Crippen molar-refractivity contribution in [2.24, 2.45) is 29.1 Å². The van der Waals surface area contributed by atoms with E-state index >= 15 is 0 Å². The monoisotopic (exact) mass is 355 g/mol. The van der Waals surface area contributed by atoms with Gasteiger partial charge in [0.05, 0.1) is 11.5 Å². The maximum absolute atomic E-state index is 13.1. The number of likely N-dealkylation sites (tertiary alicyclic amines) is 1. The van der Waals surface area contributed by atoms with Gasteiger partial charge in [0.2, 0.25) is 5.91 Å². The number of amides is 1. The topological polar surface area (TPSA) is 20.3 Å². The molecule has 0 spiro atoms. The Morgan fingerprint density at radius 1 is 0.960 bits per heavy atom. The Bertz CT molecular complexity index is 666. The Hall–Kier alpha value is -0.960. The van der Waals surface area contributed by atoms with Crippen molar-refractivity contribution < 1.29 is 4.79 Å². The standard InChI is InChI=1S/C22H29NOS/c1-22(2)20(15-4-6-18(25-3)7-5-15)23(21(22)24)19-16-9-13-8-14(11-16)12-17(19)10-13/h4-7,13-14,16-17,19-20H,8-12H2,1-3H3. The van der Waals surface area contributed by atoms with E-state index in [1.54, 1.807) is 11.8 Å². The van der Waals surface area contributed by atoms with Crippen molar-refractivity contribution in [2.45, 2.75) is 62.9 Å². The quantitative estimate of drug-likeness (QED) is 0.552. The van der Waals surface area contributed by atoms with Crippen LogP contribution in [0.2, 0.25) is 0 Å². The third-order valence-corrected chi connectivity index (χ3v) is 8.42. The Labute approximate surface area is 155 Å². The number of carbonyl (C=O) groups is 1. The van der Waals surface area contributed by atoms with Crippen LogP contribution in [0.4, 0.5) is 0 Å². The van der Waals surface area contributed by atoms with E-state index in [1.165, 1.54) is 42.6 Å². The molecule has 5 fully saturated rings. The average Bonchev–Trinajstić information content (AvgIpc) is 2.59. The summed E-state index contributed by atoms with van der Waals surface area (Å²) in [6, 6.07) is 9.72. The predicted molar refractivity (Wildman–Crippen MR) is 102 cm³/mol. The van der Waals surface area contributed by atoms with E-state index in [-0.39, 0.29) is 11.5 Å². The largest absolute Gasteiger partial charge is 0.331 e. The van der Waals surface area contributed by atoms with E-state index in [4.69, 9.17) is 0 Å². The molecule has 1 unspecified atom stereocenters. The first-order chi connectivity index (χ1) is 12.0. The van der Waals surface area contributed by atoms with Gasteiger partial charge in [0, 0.05) is 10.9 Å². The second-order valence-electron chi connectivity index (χ2n) is 9.53. The van der Waals surface area contributed by atoms with Crippen LogP contribution in [-0.2, 0) is 4.79 Å². The maximum atomic E-state index is 13.1. The summed E-state index contributed by atoms with van der Waals surface area (Å²) in [7, 11) is 0. The number of nitrogens with zero attached hydrogens (tertiary/aromatic N) is 1. The summed E-state index contributed by atoms with van der Waals surface area (Å²) >= 11 is 1.78. The fourth-order valence-corrected chi connectivity index (χ4v) is 7.28. The highest BCUT2D eigenvalue weighted by Gasteiger charge is 2.61. The Morgan fingerprint density at radius 3 is 2.04 bits per heavy atom. The van der Waals surface area contributed by atoms with Gasteiger partial charge in [-0.25, -0.2) is 0 Å². The molecule has 4 bridgehead atoms. The number of carbonyl (C=O) groups excluding carboxylic acids is 1. The zero-order valence-corrected chi connectivity index (χ0v) is 16.4. The minimum Gasteiger partial charge on any atom is -0.331 e. The molecule has 25 heavy (non-hydrogen) atoms. The molecule has 0 aromatic heterocycles. The van der Waals surface area contributed by atoms with E-state index in [9.17, 15) is 4.79 Å². The highest BCUT2D eigenvalue weighted by Crippen LogP contribution is 2.60. The van der Waals surface area contributed by atoms with E-state index in [1.807, 2.05) is 0 Å². The molecule has 134 valence electrons. The van der Waals surface area contributed by atoms with E-state index < -0.39 is 0 Å². The van der Waals surface area contributed by atoms with Crippen LogP contribution >= 0.6 is 11.8 Å². The fraction of sp³-hybridized carbons (Fsp3) is 0.682. The van der Waals surface area contributed by atoms with Gasteiger partial charge in [0.15, 0.2) is 0 Å². The molecule has 3 heteroatoms. The lowest BCUT2D eigenvalue weighted by Crippen LogP contribution is -2.69. The normalized spacial score (nSPS) is 41.1. The van der Waals surface area contributed by atoms with Gasteiger partial charge in [0.1, 0.15) is 0 Å². The Balaban J connectivity index is 1.48. The lowest BCUT2D eigenvalue weighted by Gasteiger charge is -2.64. The maximum Gasteiger partial charge on any atom is 0.231 e. The Morgan fingerprint density at radius 2 is 1.52 bits per heavy atom. The van der Waals surface area contributed by atoms with Gasteiger partial charge in [-0.15, -0.1) is 11.8 Å². The zero-order chi connectivity index (χ0) is 17.3. The van der Waals surface area contributed by atoms with Gasteiger partial charge >= 0.3 is 0 Å². The number of rotatable bonds is 3. The van der Waals surface area contributed by atoms with Crippen LogP contribution < -0.4 is 0 Å². The van der Waals surface area contributed by atoms with Crippen LogP contribution in [0.1, 0.15) is 57.6 Å². The Kier molecular flexibility index (Phi) is 3.58. The van der Waals surface area contributed by atoms with Crippen LogP contribution in [0.15, 0.2) is 29.2 Å². The number of thioether (sulfide) groups is 1. The number of β-lactam (4-membered cyclic amide) rings is 1. The first kappa shape index (κ1) is 16.2. The third kappa shape index (κ3) is 2.27. The molecule has 1 aromatic rings. The third-order valence-electron chi connectivity index (χ3n) is 7.68. The molecule has 0 radical (unpaired) electrons. The summed E-state index contributed by atoms with van der Waals surface area (Å²) in [5.74, 6) is 3.85. The zero-order valence-electron chi connectivity index (χ0n) is 15.6. The van der Waals surface area contributed by atoms with Crippen molar-refractivity contribution in [3.8, 4) is 0 Å². The molecule has 2 nitrogen and oxygen atoms in total. The fourth-order valence-electron chi connectivity index (χ4n) is 6.87. The molecule has 4 aliphatic carbocycles. The lowest BCUT2D eigenvalue weighted by molar-refractivity contribution is -0.191. The molecule has 1 aliphatic heterocycles. The van der Waals surface area contributed by atoms with Crippen LogP contribution in [0, 0.1) is 29.1 Å². The molecule has 1 amide bonds. The second kappa shape index (κ2) is 5.52. The van der Waals surface area contributed by atoms with Gasteiger partial charge < -0.3 is 4.90 Å². The van der Waals surface area contributed by atoms with Crippen molar-refractivity contribution in [1.82, 2.24) is 4.90 Å². The molecule has 5 aliphatic rings. The number of hydrogen-bond acceptors (Lipinski definition) is 2. The van der Waals surface area contributed by atoms with Crippen LogP contribution in [-0.4, -0.2) is 23.1 Å². The molecule has 1 saturated heterocycles. The first-order valence-electron chi connectivity index (χ1n) is 9.95. The SMILES string of the molecule is CSc1ccc(C2N(C3C4CC5CC(C4)CC3C5)C(=O)C2(C)C)cc1. The van der Waals surface area contributed by atoms with Gasteiger partial charge in [-0.3, -0.25) is 4.79 Å². The molecule has 4 saturated carbocycles. The molecule has 1 atom stereocenters. The minimum absolute atomic E-state index is 0.254. The summed E-state index contributed by atoms with van der Waals surface area (Å²) in [5.41, 5.74) is 1.08. The van der Waals surface area contributed by atoms with Crippen LogP contribution in [0.3, 0.4) is 0 Å². The molecule has 1 aromatic carbocycles. The highest BCUT2D eigenvalue weighted by atomic mass is 32.2. The first-order valence-corrected chi connectivity index (χ1v) is 11.2. The van der Waals surface area contributed by atoms with Crippen molar-refractivity contribution in [3.63, 3.8) is 0 Å².